The number of carbonyl (C=O) groups excluding carboxylic acids is 1. The van der Waals surface area contributed by atoms with E-state index in [-0.39, 0.29) is 17.3 Å². The molecule has 3 heterocycles. The van der Waals surface area contributed by atoms with E-state index in [1.165, 1.54) is 16.8 Å². The monoisotopic (exact) mass is 431 g/mol. The number of hydrogen-bond acceptors (Lipinski definition) is 4. The SMILES string of the molecule is Cn1cc(C(=O)N2CCN(c3ccc(F)cc3)CC2)c2nn(-c3ccccc3)c(=O)c-2c1. The normalized spacial score (nSPS) is 14.2. The van der Waals surface area contributed by atoms with Crippen molar-refractivity contribution in [2.24, 2.45) is 7.05 Å². The zero-order chi connectivity index (χ0) is 22.2. The van der Waals surface area contributed by atoms with Crippen LogP contribution in [0.5, 0.6) is 0 Å². The van der Waals surface area contributed by atoms with Crippen LogP contribution in [-0.4, -0.2) is 51.3 Å². The average molecular weight is 431 g/mol. The van der Waals surface area contributed by atoms with E-state index in [9.17, 15) is 14.0 Å². The average Bonchev–Trinajstić information content (AvgIpc) is 3.15. The van der Waals surface area contributed by atoms with Crippen LogP contribution in [-0.2, 0) is 7.05 Å². The predicted octanol–water partition coefficient (Wildman–Crippen LogP) is 2.78. The van der Waals surface area contributed by atoms with Gasteiger partial charge in [-0.2, -0.15) is 9.78 Å². The molecule has 1 saturated heterocycles. The molecule has 0 radical (unpaired) electrons. The van der Waals surface area contributed by atoms with E-state index in [1.807, 2.05) is 30.3 Å². The lowest BCUT2D eigenvalue weighted by molar-refractivity contribution is 0.0746. The lowest BCUT2D eigenvalue weighted by atomic mass is 10.1. The van der Waals surface area contributed by atoms with Crippen LogP contribution in [0.25, 0.3) is 16.9 Å². The van der Waals surface area contributed by atoms with E-state index in [2.05, 4.69) is 10.00 Å². The minimum Gasteiger partial charge on any atom is -0.368 e. The van der Waals surface area contributed by atoms with Gasteiger partial charge in [0.15, 0.2) is 0 Å². The van der Waals surface area contributed by atoms with Crippen molar-refractivity contribution in [2.75, 3.05) is 31.1 Å². The van der Waals surface area contributed by atoms with Gasteiger partial charge in [0.2, 0.25) is 0 Å². The number of benzene rings is 2. The van der Waals surface area contributed by atoms with Gasteiger partial charge in [0.05, 0.1) is 16.8 Å². The van der Waals surface area contributed by atoms with Gasteiger partial charge >= 0.3 is 0 Å². The minimum absolute atomic E-state index is 0.150. The van der Waals surface area contributed by atoms with Gasteiger partial charge in [-0.05, 0) is 36.4 Å². The van der Waals surface area contributed by atoms with Gasteiger partial charge in [-0.15, -0.1) is 0 Å². The maximum absolute atomic E-state index is 13.4. The molecule has 0 unspecified atom stereocenters. The van der Waals surface area contributed by atoms with Gasteiger partial charge in [0.1, 0.15) is 11.5 Å². The molecule has 5 rings (SSSR count). The van der Waals surface area contributed by atoms with Gasteiger partial charge < -0.3 is 14.4 Å². The highest BCUT2D eigenvalue weighted by atomic mass is 19.1. The van der Waals surface area contributed by atoms with Crippen LogP contribution in [0, 0.1) is 5.82 Å². The van der Waals surface area contributed by atoms with Crippen LogP contribution in [0.15, 0.2) is 71.8 Å². The van der Waals surface area contributed by atoms with Gasteiger partial charge in [0, 0.05) is 51.3 Å². The summed E-state index contributed by atoms with van der Waals surface area (Å²) in [6.45, 7) is 2.34. The summed E-state index contributed by atoms with van der Waals surface area (Å²) >= 11 is 0. The molecule has 32 heavy (non-hydrogen) atoms. The molecule has 0 N–H and O–H groups in total. The van der Waals surface area contributed by atoms with Crippen molar-refractivity contribution < 1.29 is 9.18 Å². The van der Waals surface area contributed by atoms with Crippen LogP contribution in [0.2, 0.25) is 0 Å². The first-order chi connectivity index (χ1) is 15.5. The predicted molar refractivity (Wildman–Crippen MR) is 120 cm³/mol. The number of pyridine rings is 1. The van der Waals surface area contributed by atoms with E-state index in [1.54, 1.807) is 41.0 Å². The number of piperazine rings is 1. The Morgan fingerprint density at radius 1 is 0.906 bits per heavy atom. The Kier molecular flexibility index (Phi) is 4.97. The molecule has 0 bridgehead atoms. The summed E-state index contributed by atoms with van der Waals surface area (Å²) in [5.41, 5.74) is 2.56. The molecule has 0 aliphatic carbocycles. The second-order valence-corrected chi connectivity index (χ2v) is 7.91. The number of para-hydroxylation sites is 1. The summed E-state index contributed by atoms with van der Waals surface area (Å²) in [5, 5.41) is 4.51. The highest BCUT2D eigenvalue weighted by molar-refractivity contribution is 6.00. The standard InChI is InChI=1S/C24H22FN5O2/c1-27-15-20(22-21(16-27)24(32)30(26-22)19-5-3-2-4-6-19)23(31)29-13-11-28(12-14-29)18-9-7-17(25)8-10-18/h2-10,15-16H,11-14H2,1H3. The summed E-state index contributed by atoms with van der Waals surface area (Å²) in [7, 11) is 1.79. The molecule has 0 atom stereocenters. The Morgan fingerprint density at radius 3 is 2.28 bits per heavy atom. The molecule has 0 spiro atoms. The van der Waals surface area contributed by atoms with E-state index < -0.39 is 0 Å². The molecule has 2 aromatic rings. The number of hydrogen-bond donors (Lipinski definition) is 0. The third kappa shape index (κ3) is 3.53. The van der Waals surface area contributed by atoms with Crippen LogP contribution in [0.4, 0.5) is 10.1 Å². The van der Waals surface area contributed by atoms with Crippen molar-refractivity contribution >= 4 is 11.6 Å². The number of rotatable bonds is 3. The van der Waals surface area contributed by atoms with Crippen LogP contribution < -0.4 is 10.5 Å². The Bertz CT molecular complexity index is 1290. The summed E-state index contributed by atoms with van der Waals surface area (Å²) in [6, 6.07) is 15.6. The largest absolute Gasteiger partial charge is 0.368 e. The van der Waals surface area contributed by atoms with Gasteiger partial charge in [-0.25, -0.2) is 4.39 Å². The summed E-state index contributed by atoms with van der Waals surface area (Å²) in [6.07, 6.45) is 3.42. The van der Waals surface area contributed by atoms with Crippen molar-refractivity contribution in [3.8, 4) is 16.9 Å². The fraction of sp³-hybridized carbons (Fsp3) is 0.208. The van der Waals surface area contributed by atoms with E-state index >= 15 is 0 Å². The first-order valence-electron chi connectivity index (χ1n) is 10.5. The van der Waals surface area contributed by atoms with Crippen molar-refractivity contribution in [1.29, 1.82) is 0 Å². The fourth-order valence-electron chi connectivity index (χ4n) is 4.13. The van der Waals surface area contributed by atoms with Crippen LogP contribution in [0.3, 0.4) is 0 Å². The topological polar surface area (TPSA) is 63.4 Å². The van der Waals surface area contributed by atoms with Gasteiger partial charge in [-0.1, -0.05) is 18.2 Å². The van der Waals surface area contributed by atoms with Crippen molar-refractivity contribution in [1.82, 2.24) is 19.2 Å². The van der Waals surface area contributed by atoms with E-state index in [0.717, 1.165) is 5.69 Å². The molecular formula is C24H22FN5O2. The fourth-order valence-corrected chi connectivity index (χ4v) is 4.13. The number of anilines is 1. The second-order valence-electron chi connectivity index (χ2n) is 7.91. The van der Waals surface area contributed by atoms with E-state index in [0.29, 0.717) is 48.7 Å². The second kappa shape index (κ2) is 7.96. The third-order valence-electron chi connectivity index (χ3n) is 5.79. The van der Waals surface area contributed by atoms with Crippen LogP contribution in [0.1, 0.15) is 10.4 Å². The van der Waals surface area contributed by atoms with Gasteiger partial charge in [0.25, 0.3) is 11.5 Å². The van der Waals surface area contributed by atoms with Crippen molar-refractivity contribution in [2.45, 2.75) is 0 Å². The number of carbonyl (C=O) groups is 1. The van der Waals surface area contributed by atoms with Gasteiger partial charge in [-0.3, -0.25) is 9.59 Å². The summed E-state index contributed by atoms with van der Waals surface area (Å²) in [4.78, 5) is 30.3. The Morgan fingerprint density at radius 2 is 1.59 bits per heavy atom. The number of aromatic nitrogens is 3. The Hall–Kier alpha value is -3.94. The molecule has 162 valence electrons. The zero-order valence-corrected chi connectivity index (χ0v) is 17.6. The maximum Gasteiger partial charge on any atom is 0.282 e. The lowest BCUT2D eigenvalue weighted by Gasteiger charge is -2.36. The summed E-state index contributed by atoms with van der Waals surface area (Å²) in [5.74, 6) is -0.418. The molecule has 7 nitrogen and oxygen atoms in total. The molecule has 3 aliphatic heterocycles. The molecule has 8 heteroatoms. The maximum atomic E-state index is 13.4. The van der Waals surface area contributed by atoms with E-state index in [4.69, 9.17) is 0 Å². The summed E-state index contributed by atoms with van der Waals surface area (Å²) < 4.78 is 16.3. The number of amides is 1. The highest BCUT2D eigenvalue weighted by Gasteiger charge is 2.29. The molecular weight excluding hydrogens is 409 g/mol. The number of aryl methyl sites for hydroxylation is 1. The molecule has 0 saturated carbocycles. The molecule has 2 aromatic carbocycles. The molecule has 1 amide bonds. The molecule has 1 fully saturated rings. The quantitative estimate of drug-likeness (QED) is 0.501. The Labute approximate surface area is 184 Å². The van der Waals surface area contributed by atoms with Crippen LogP contribution >= 0.6 is 0 Å². The van der Waals surface area contributed by atoms with Crippen molar-refractivity contribution in [3.63, 3.8) is 0 Å². The number of fused-ring (bicyclic) bond motifs is 1. The highest BCUT2D eigenvalue weighted by Crippen LogP contribution is 2.24. The smallest absolute Gasteiger partial charge is 0.282 e. The Balaban J connectivity index is 1.42. The molecule has 3 aliphatic rings. The first kappa shape index (κ1) is 20.0. The molecule has 0 aromatic heterocycles. The van der Waals surface area contributed by atoms with Crippen molar-refractivity contribution in [3.05, 3.63) is 88.7 Å². The lowest BCUT2D eigenvalue weighted by Crippen LogP contribution is -2.49. The number of halogens is 1. The first-order valence-corrected chi connectivity index (χ1v) is 10.5. The zero-order valence-electron chi connectivity index (χ0n) is 17.6. The minimum atomic E-state index is -0.267. The number of nitrogens with zero attached hydrogens (tertiary/aromatic N) is 5. The third-order valence-corrected chi connectivity index (χ3v) is 5.79.